The molecule has 0 spiro atoms. The molecule has 0 saturated heterocycles. The van der Waals surface area contributed by atoms with Crippen LogP contribution in [0.1, 0.15) is 36.0 Å². The van der Waals surface area contributed by atoms with Gasteiger partial charge in [-0.3, -0.25) is 24.2 Å². The van der Waals surface area contributed by atoms with E-state index in [0.717, 1.165) is 20.5 Å². The average Bonchev–Trinajstić information content (AvgIpc) is 3.26. The van der Waals surface area contributed by atoms with Crippen molar-refractivity contribution < 1.29 is 14.4 Å². The molecule has 2 heterocycles. The number of carbonyl (C=O) groups excluding carboxylic acids is 3. The normalized spacial score (nSPS) is 13.0. The predicted molar refractivity (Wildman–Crippen MR) is 137 cm³/mol. The molecule has 0 radical (unpaired) electrons. The Morgan fingerprint density at radius 3 is 2.26 bits per heavy atom. The van der Waals surface area contributed by atoms with Gasteiger partial charge in [-0.2, -0.15) is 0 Å². The van der Waals surface area contributed by atoms with Crippen LogP contribution in [-0.2, 0) is 0 Å². The number of anilines is 1. The van der Waals surface area contributed by atoms with E-state index in [2.05, 4.69) is 0 Å². The molecule has 0 atom stereocenters. The van der Waals surface area contributed by atoms with Crippen molar-refractivity contribution in [3.8, 4) is 0 Å². The molecule has 4 aromatic rings. The fourth-order valence-corrected chi connectivity index (χ4v) is 5.96. The minimum Gasteiger partial charge on any atom is -0.287 e. The molecule has 0 fully saturated rings. The fraction of sp³-hybridized carbons (Fsp3) is 0.0800. The van der Waals surface area contributed by atoms with Gasteiger partial charge in [-0.05, 0) is 48.9 Å². The molecule has 5 rings (SSSR count). The Morgan fingerprint density at radius 2 is 1.62 bits per heavy atom. The quantitative estimate of drug-likeness (QED) is 0.266. The lowest BCUT2D eigenvalue weighted by Gasteiger charge is -2.27. The van der Waals surface area contributed by atoms with E-state index in [-0.39, 0.29) is 27.7 Å². The number of rotatable bonds is 4. The molecule has 0 unspecified atom stereocenters. The van der Waals surface area contributed by atoms with Crippen molar-refractivity contribution in [3.63, 3.8) is 0 Å². The zero-order chi connectivity index (χ0) is 24.1. The highest BCUT2D eigenvalue weighted by Gasteiger charge is 2.38. The number of benzene rings is 3. The third kappa shape index (κ3) is 3.77. The summed E-state index contributed by atoms with van der Waals surface area (Å²) in [5.41, 5.74) is 1.92. The molecule has 5 nitrogen and oxygen atoms in total. The number of halogens is 3. The molecule has 1 aliphatic rings. The van der Waals surface area contributed by atoms with Gasteiger partial charge in [-0.15, -0.1) is 11.3 Å². The van der Waals surface area contributed by atoms with Crippen LogP contribution in [0.15, 0.2) is 60.7 Å². The van der Waals surface area contributed by atoms with Gasteiger partial charge >= 0.3 is 0 Å². The summed E-state index contributed by atoms with van der Waals surface area (Å²) >= 11 is 20.4. The largest absolute Gasteiger partial charge is 0.287 e. The molecular formula is C25H15Cl3N2O3S. The van der Waals surface area contributed by atoms with Crippen molar-refractivity contribution >= 4 is 79.6 Å². The Hall–Kier alpha value is -2.90. The molecule has 1 aromatic heterocycles. The Kier molecular flexibility index (Phi) is 5.86. The zero-order valence-corrected chi connectivity index (χ0v) is 20.7. The van der Waals surface area contributed by atoms with Gasteiger partial charge in [-0.25, -0.2) is 0 Å². The van der Waals surface area contributed by atoms with Gasteiger partial charge in [-0.1, -0.05) is 59.1 Å². The molecule has 3 aromatic carbocycles. The minimum atomic E-state index is -0.485. The maximum atomic E-state index is 13.8. The highest BCUT2D eigenvalue weighted by Crippen LogP contribution is 2.39. The molecule has 170 valence electrons. The van der Waals surface area contributed by atoms with Crippen molar-refractivity contribution in [2.75, 3.05) is 11.6 Å². The van der Waals surface area contributed by atoms with Gasteiger partial charge in [0.15, 0.2) is 0 Å². The number of amides is 3. The van der Waals surface area contributed by atoms with E-state index in [1.54, 1.807) is 36.4 Å². The highest BCUT2D eigenvalue weighted by atomic mass is 35.5. The minimum absolute atomic E-state index is 0.200. The Morgan fingerprint density at radius 1 is 0.941 bits per heavy atom. The molecule has 3 amide bonds. The van der Waals surface area contributed by atoms with Gasteiger partial charge in [0.2, 0.25) is 0 Å². The summed E-state index contributed by atoms with van der Waals surface area (Å²) in [6.07, 6.45) is 0. The Labute approximate surface area is 214 Å². The van der Waals surface area contributed by atoms with E-state index in [9.17, 15) is 14.4 Å². The van der Waals surface area contributed by atoms with Crippen molar-refractivity contribution in [3.05, 3.63) is 97.3 Å². The standard InChI is InChI=1S/C25H15Cl3N2O3S/c1-13-6-8-17-20(10-13)34-22(21(17)28)25(33)29(19-9-7-14(26)11-18(19)27)12-30-23(31)15-4-2-3-5-16(15)24(30)32/h2-11H,12H2,1H3. The second-order valence-corrected chi connectivity index (χ2v) is 10.1. The van der Waals surface area contributed by atoms with Crippen LogP contribution in [-0.4, -0.2) is 29.3 Å². The molecule has 0 N–H and O–H groups in total. The third-order valence-corrected chi connectivity index (χ3v) is 7.77. The summed E-state index contributed by atoms with van der Waals surface area (Å²) in [4.78, 5) is 42.4. The van der Waals surface area contributed by atoms with Gasteiger partial charge in [0.25, 0.3) is 17.7 Å². The SMILES string of the molecule is Cc1ccc2c(Cl)c(C(=O)N(CN3C(=O)c4ccccc4C3=O)c3ccc(Cl)cc3Cl)sc2c1. The summed E-state index contributed by atoms with van der Waals surface area (Å²) in [5.74, 6) is -1.45. The summed E-state index contributed by atoms with van der Waals surface area (Å²) < 4.78 is 0.858. The summed E-state index contributed by atoms with van der Waals surface area (Å²) in [5, 5.41) is 1.65. The van der Waals surface area contributed by atoms with Crippen LogP contribution in [0.5, 0.6) is 0 Å². The van der Waals surface area contributed by atoms with Crippen molar-refractivity contribution in [1.29, 1.82) is 0 Å². The number of nitrogens with zero attached hydrogens (tertiary/aromatic N) is 2. The number of hydrogen-bond acceptors (Lipinski definition) is 4. The van der Waals surface area contributed by atoms with Gasteiger partial charge < -0.3 is 0 Å². The molecular weight excluding hydrogens is 515 g/mol. The first-order valence-corrected chi connectivity index (χ1v) is 12.1. The number of imide groups is 1. The average molecular weight is 530 g/mol. The fourth-order valence-electron chi connectivity index (χ4n) is 3.89. The maximum absolute atomic E-state index is 13.8. The molecule has 0 aliphatic carbocycles. The second-order valence-electron chi connectivity index (χ2n) is 7.80. The molecule has 9 heteroatoms. The summed E-state index contributed by atoms with van der Waals surface area (Å²) in [6, 6.07) is 16.9. The van der Waals surface area contributed by atoms with Crippen LogP contribution in [0.25, 0.3) is 10.1 Å². The lowest BCUT2D eigenvalue weighted by molar-refractivity contribution is 0.0650. The van der Waals surface area contributed by atoms with Crippen LogP contribution in [0, 0.1) is 6.92 Å². The monoisotopic (exact) mass is 528 g/mol. The Bertz CT molecular complexity index is 1480. The summed E-state index contributed by atoms with van der Waals surface area (Å²) in [6.45, 7) is 1.62. The Balaban J connectivity index is 1.60. The van der Waals surface area contributed by atoms with Gasteiger partial charge in [0.1, 0.15) is 11.5 Å². The van der Waals surface area contributed by atoms with Crippen LogP contribution in [0.2, 0.25) is 15.1 Å². The maximum Gasteiger partial charge on any atom is 0.271 e. The van der Waals surface area contributed by atoms with E-state index in [1.165, 1.54) is 22.3 Å². The predicted octanol–water partition coefficient (Wildman–Crippen LogP) is 7.07. The molecule has 0 saturated carbocycles. The smallest absolute Gasteiger partial charge is 0.271 e. The number of fused-ring (bicyclic) bond motifs is 2. The lowest BCUT2D eigenvalue weighted by Crippen LogP contribution is -2.44. The number of aryl methyl sites for hydroxylation is 1. The number of carbonyl (C=O) groups is 3. The highest BCUT2D eigenvalue weighted by molar-refractivity contribution is 7.21. The summed E-state index contributed by atoms with van der Waals surface area (Å²) in [7, 11) is 0. The van der Waals surface area contributed by atoms with E-state index < -0.39 is 17.7 Å². The molecule has 1 aliphatic heterocycles. The first kappa shape index (κ1) is 22.9. The van der Waals surface area contributed by atoms with Gasteiger partial charge in [0.05, 0.1) is 26.9 Å². The first-order chi connectivity index (χ1) is 16.3. The van der Waals surface area contributed by atoms with Crippen LogP contribution in [0.4, 0.5) is 5.69 Å². The van der Waals surface area contributed by atoms with Crippen molar-refractivity contribution in [2.45, 2.75) is 6.92 Å². The first-order valence-electron chi connectivity index (χ1n) is 10.2. The topological polar surface area (TPSA) is 57.7 Å². The van der Waals surface area contributed by atoms with Crippen LogP contribution >= 0.6 is 46.1 Å². The van der Waals surface area contributed by atoms with Crippen molar-refractivity contribution in [2.24, 2.45) is 0 Å². The lowest BCUT2D eigenvalue weighted by atomic mass is 10.1. The van der Waals surface area contributed by atoms with Crippen LogP contribution < -0.4 is 4.90 Å². The zero-order valence-electron chi connectivity index (χ0n) is 17.6. The number of thiophene rings is 1. The second kappa shape index (κ2) is 8.71. The number of hydrogen-bond donors (Lipinski definition) is 0. The molecule has 0 bridgehead atoms. The van der Waals surface area contributed by atoms with E-state index in [0.29, 0.717) is 15.7 Å². The van der Waals surface area contributed by atoms with E-state index in [4.69, 9.17) is 34.8 Å². The van der Waals surface area contributed by atoms with Gasteiger partial charge in [0, 0.05) is 15.1 Å². The third-order valence-electron chi connectivity index (χ3n) is 5.59. The molecule has 34 heavy (non-hydrogen) atoms. The van der Waals surface area contributed by atoms with E-state index >= 15 is 0 Å². The van der Waals surface area contributed by atoms with E-state index in [1.807, 2.05) is 25.1 Å². The van der Waals surface area contributed by atoms with Crippen molar-refractivity contribution in [1.82, 2.24) is 4.90 Å². The van der Waals surface area contributed by atoms with Crippen LogP contribution in [0.3, 0.4) is 0 Å².